The quantitative estimate of drug-likeness (QED) is 0.198. The highest BCUT2D eigenvalue weighted by Gasteiger charge is 2.47. The smallest absolute Gasteiger partial charge is 0.335 e. The lowest BCUT2D eigenvalue weighted by atomic mass is 9.99. The molecular weight excluding hydrogens is 336 g/mol. The Balaban J connectivity index is 2.63. The van der Waals surface area contributed by atoms with Crippen molar-refractivity contribution < 1.29 is 60.2 Å². The second-order valence-electron chi connectivity index (χ2n) is 5.37. The molecule has 0 saturated carbocycles. The number of hydrogen-bond acceptors (Lipinski definition) is 11. The fourth-order valence-electron chi connectivity index (χ4n) is 2.04. The first-order chi connectivity index (χ1) is 11.1. The van der Waals surface area contributed by atoms with Crippen LogP contribution in [-0.4, -0.2) is 120 Å². The third kappa shape index (κ3) is 4.80. The van der Waals surface area contributed by atoms with Gasteiger partial charge in [-0.1, -0.05) is 0 Å². The number of aliphatic hydroxyl groups excluding tert-OH is 8. The van der Waals surface area contributed by atoms with E-state index in [2.05, 4.69) is 0 Å². The van der Waals surface area contributed by atoms with E-state index in [1.54, 1.807) is 0 Å². The van der Waals surface area contributed by atoms with Gasteiger partial charge >= 0.3 is 5.97 Å². The Hall–Kier alpha value is -0.930. The number of aliphatic carboxylic acids is 1. The van der Waals surface area contributed by atoms with E-state index in [-0.39, 0.29) is 0 Å². The number of hydrogen-bond donors (Lipinski definition) is 9. The molecule has 0 amide bonds. The molecule has 12 nitrogen and oxygen atoms in total. The largest absolute Gasteiger partial charge is 0.479 e. The van der Waals surface area contributed by atoms with Crippen molar-refractivity contribution in [3.63, 3.8) is 0 Å². The Bertz CT molecular complexity index is 405. The van der Waals surface area contributed by atoms with Gasteiger partial charge in [0.05, 0.1) is 13.2 Å². The van der Waals surface area contributed by atoms with Crippen molar-refractivity contribution in [2.75, 3.05) is 13.2 Å². The molecule has 0 unspecified atom stereocenters. The molecule has 1 heterocycles. The summed E-state index contributed by atoms with van der Waals surface area (Å²) in [7, 11) is 0. The molecule has 0 aromatic carbocycles. The maximum atomic E-state index is 10.9. The van der Waals surface area contributed by atoms with Gasteiger partial charge in [-0.3, -0.25) is 0 Å². The minimum atomic E-state index is -1.93. The zero-order chi connectivity index (χ0) is 18.6. The van der Waals surface area contributed by atoms with E-state index in [4.69, 9.17) is 24.8 Å². The molecule has 1 aliphatic heterocycles. The van der Waals surface area contributed by atoms with Gasteiger partial charge in [0.15, 0.2) is 12.4 Å². The summed E-state index contributed by atoms with van der Waals surface area (Å²) in [6.45, 7) is -1.66. The van der Waals surface area contributed by atoms with Crippen LogP contribution in [0.3, 0.4) is 0 Å². The van der Waals surface area contributed by atoms with E-state index in [1.807, 2.05) is 0 Å². The molecule has 0 aliphatic carbocycles. The van der Waals surface area contributed by atoms with Gasteiger partial charge in [-0.2, -0.15) is 0 Å². The fraction of sp³-hybridized carbons (Fsp3) is 0.917. The molecular formula is C12H22O12. The highest BCUT2D eigenvalue weighted by Crippen LogP contribution is 2.22. The van der Waals surface area contributed by atoms with E-state index in [1.165, 1.54) is 0 Å². The van der Waals surface area contributed by atoms with Crippen LogP contribution in [0.2, 0.25) is 0 Å². The van der Waals surface area contributed by atoms with Crippen LogP contribution in [0.5, 0.6) is 0 Å². The van der Waals surface area contributed by atoms with Crippen LogP contribution in [0.1, 0.15) is 0 Å². The maximum Gasteiger partial charge on any atom is 0.335 e. The normalized spacial score (nSPS) is 35.9. The van der Waals surface area contributed by atoms with Crippen LogP contribution < -0.4 is 0 Å². The molecule has 24 heavy (non-hydrogen) atoms. The van der Waals surface area contributed by atoms with E-state index < -0.39 is 74.3 Å². The molecule has 0 aromatic rings. The molecule has 1 saturated heterocycles. The summed E-state index contributed by atoms with van der Waals surface area (Å²) in [6, 6.07) is 0. The number of rotatable bonds is 8. The summed E-state index contributed by atoms with van der Waals surface area (Å²) in [4.78, 5) is 10.9. The molecule has 1 rings (SSSR count). The van der Waals surface area contributed by atoms with Gasteiger partial charge in [-0.15, -0.1) is 0 Å². The predicted molar refractivity (Wildman–Crippen MR) is 71.4 cm³/mol. The van der Waals surface area contributed by atoms with Crippen LogP contribution in [0, 0.1) is 0 Å². The van der Waals surface area contributed by atoms with E-state index in [0.717, 1.165) is 0 Å². The molecule has 0 bridgehead atoms. The molecule has 0 spiro atoms. The zero-order valence-electron chi connectivity index (χ0n) is 12.4. The molecule has 1 fully saturated rings. The SMILES string of the molecule is O=C(O)[C@H]1O[C@@H](OC[C@@H](O)[C@@H](O)[C@H](O)[C@@H](O)CO)[C@H](O)[C@@H](O)[C@@H]1O. The summed E-state index contributed by atoms with van der Waals surface area (Å²) in [5, 5.41) is 84.0. The molecule has 0 aromatic heterocycles. The average molecular weight is 358 g/mol. The maximum absolute atomic E-state index is 10.9. The first-order valence-electron chi connectivity index (χ1n) is 6.99. The third-order valence-electron chi connectivity index (χ3n) is 3.57. The van der Waals surface area contributed by atoms with Crippen LogP contribution in [0.25, 0.3) is 0 Å². The summed E-state index contributed by atoms with van der Waals surface area (Å²) in [5.41, 5.74) is 0. The minimum Gasteiger partial charge on any atom is -0.479 e. The summed E-state index contributed by atoms with van der Waals surface area (Å²) >= 11 is 0. The van der Waals surface area contributed by atoms with Crippen LogP contribution in [0.4, 0.5) is 0 Å². The lowest BCUT2D eigenvalue weighted by Crippen LogP contribution is -2.60. The van der Waals surface area contributed by atoms with Gasteiger partial charge in [-0.25, -0.2) is 4.79 Å². The van der Waals surface area contributed by atoms with Crippen molar-refractivity contribution in [2.45, 2.75) is 55.1 Å². The van der Waals surface area contributed by atoms with E-state index >= 15 is 0 Å². The number of carboxylic acid groups (broad SMARTS) is 1. The number of ether oxygens (including phenoxy) is 2. The minimum absolute atomic E-state index is 0.784. The zero-order valence-corrected chi connectivity index (χ0v) is 12.4. The van der Waals surface area contributed by atoms with Gasteiger partial charge in [0.2, 0.25) is 0 Å². The Labute approximate surface area is 135 Å². The first-order valence-corrected chi connectivity index (χ1v) is 6.99. The molecule has 9 N–H and O–H groups in total. The van der Waals surface area contributed by atoms with Crippen LogP contribution in [-0.2, 0) is 14.3 Å². The van der Waals surface area contributed by atoms with Crippen LogP contribution >= 0.6 is 0 Å². The second kappa shape index (κ2) is 8.96. The highest BCUT2D eigenvalue weighted by atomic mass is 16.7. The van der Waals surface area contributed by atoms with Crippen LogP contribution in [0.15, 0.2) is 0 Å². The van der Waals surface area contributed by atoms with Crippen molar-refractivity contribution in [3.05, 3.63) is 0 Å². The van der Waals surface area contributed by atoms with Gasteiger partial charge in [-0.05, 0) is 0 Å². The second-order valence-corrected chi connectivity index (χ2v) is 5.37. The molecule has 1 aliphatic rings. The van der Waals surface area contributed by atoms with Gasteiger partial charge in [0, 0.05) is 0 Å². The molecule has 9 atom stereocenters. The Morgan fingerprint density at radius 1 is 0.958 bits per heavy atom. The monoisotopic (exact) mass is 358 g/mol. The summed E-state index contributed by atoms with van der Waals surface area (Å²) < 4.78 is 9.64. The van der Waals surface area contributed by atoms with Gasteiger partial charge in [0.25, 0.3) is 0 Å². The average Bonchev–Trinajstić information content (AvgIpc) is 2.56. The van der Waals surface area contributed by atoms with Crippen molar-refractivity contribution in [2.24, 2.45) is 0 Å². The van der Waals surface area contributed by atoms with Gasteiger partial charge in [0.1, 0.15) is 42.7 Å². The number of aliphatic hydroxyl groups is 8. The lowest BCUT2D eigenvalue weighted by molar-refractivity contribution is -0.300. The number of carbonyl (C=O) groups is 1. The fourth-order valence-corrected chi connectivity index (χ4v) is 2.04. The Kier molecular flexibility index (Phi) is 7.88. The van der Waals surface area contributed by atoms with Crippen molar-refractivity contribution in [3.8, 4) is 0 Å². The summed E-state index contributed by atoms with van der Waals surface area (Å²) in [5.74, 6) is -1.62. The topological polar surface area (TPSA) is 218 Å². The lowest BCUT2D eigenvalue weighted by Gasteiger charge is -2.38. The molecule has 0 radical (unpaired) electrons. The molecule has 142 valence electrons. The predicted octanol–water partition coefficient (Wildman–Crippen LogP) is -5.67. The number of carboxylic acids is 1. The first kappa shape index (κ1) is 21.1. The van der Waals surface area contributed by atoms with Crippen molar-refractivity contribution in [1.82, 2.24) is 0 Å². The Morgan fingerprint density at radius 2 is 1.50 bits per heavy atom. The Morgan fingerprint density at radius 3 is 2.00 bits per heavy atom. The standard InChI is InChI=1S/C12H22O12/c13-1-3(14)5(16)6(17)4(15)2-23-12-9(20)7(18)8(19)10(24-12)11(21)22/h3-10,12-20H,1-2H2,(H,21,22)/t3-,4+,5+,6+,7-,8-,9+,10-,12+/m0/s1. The van der Waals surface area contributed by atoms with E-state index in [0.29, 0.717) is 0 Å². The molecule has 12 heteroatoms. The van der Waals surface area contributed by atoms with Crippen molar-refractivity contribution in [1.29, 1.82) is 0 Å². The van der Waals surface area contributed by atoms with Gasteiger partial charge < -0.3 is 55.4 Å². The third-order valence-corrected chi connectivity index (χ3v) is 3.57. The van der Waals surface area contributed by atoms with Crippen molar-refractivity contribution >= 4 is 5.97 Å². The van der Waals surface area contributed by atoms with E-state index in [9.17, 15) is 35.4 Å². The highest BCUT2D eigenvalue weighted by molar-refractivity contribution is 5.73. The summed E-state index contributed by atoms with van der Waals surface area (Å²) in [6.07, 6.45) is -16.6.